The Kier molecular flexibility index (Phi) is 5.61. The zero-order valence-corrected chi connectivity index (χ0v) is 11.1. The summed E-state index contributed by atoms with van der Waals surface area (Å²) in [6, 6.07) is 0.119. The summed E-state index contributed by atoms with van der Waals surface area (Å²) < 4.78 is 0. The maximum atomic E-state index is 11.9. The Labute approximate surface area is 106 Å². The molecular formula is C11H20N2O3S. The van der Waals surface area contributed by atoms with E-state index in [1.54, 1.807) is 16.7 Å². The summed E-state index contributed by atoms with van der Waals surface area (Å²) in [7, 11) is 0. The number of hydrogen-bond donors (Lipinski definition) is 2. The maximum Gasteiger partial charge on any atom is 0.317 e. The fourth-order valence-electron chi connectivity index (χ4n) is 1.47. The molecule has 6 heteroatoms. The lowest BCUT2D eigenvalue weighted by Crippen LogP contribution is -2.44. The fraction of sp³-hybridized carbons (Fsp3) is 0.818. The van der Waals surface area contributed by atoms with E-state index < -0.39 is 5.97 Å². The number of urea groups is 1. The summed E-state index contributed by atoms with van der Waals surface area (Å²) in [4.78, 5) is 24.0. The molecule has 0 radical (unpaired) electrons. The molecular weight excluding hydrogens is 240 g/mol. The monoisotopic (exact) mass is 260 g/mol. The second-order valence-electron chi connectivity index (χ2n) is 4.30. The first kappa shape index (κ1) is 14.2. The van der Waals surface area contributed by atoms with Crippen molar-refractivity contribution in [3.63, 3.8) is 0 Å². The van der Waals surface area contributed by atoms with Crippen molar-refractivity contribution < 1.29 is 14.7 Å². The lowest BCUT2D eigenvalue weighted by atomic mass is 10.4. The van der Waals surface area contributed by atoms with Crippen molar-refractivity contribution in [1.82, 2.24) is 10.2 Å². The van der Waals surface area contributed by atoms with Crippen LogP contribution in [-0.2, 0) is 4.79 Å². The van der Waals surface area contributed by atoms with Crippen LogP contribution in [0.15, 0.2) is 0 Å². The Hall–Kier alpha value is -0.910. The third-order valence-corrected chi connectivity index (χ3v) is 3.73. The third-order valence-electron chi connectivity index (χ3n) is 2.76. The van der Waals surface area contributed by atoms with Crippen LogP contribution in [-0.4, -0.2) is 52.6 Å². The molecule has 1 atom stereocenters. The second-order valence-corrected chi connectivity index (χ2v) is 5.58. The van der Waals surface area contributed by atoms with Gasteiger partial charge < -0.3 is 15.3 Å². The van der Waals surface area contributed by atoms with Crippen molar-refractivity contribution >= 4 is 23.8 Å². The molecule has 1 rings (SSSR count). The Morgan fingerprint density at radius 3 is 2.65 bits per heavy atom. The number of hydrogen-bond acceptors (Lipinski definition) is 3. The van der Waals surface area contributed by atoms with Gasteiger partial charge in [0, 0.05) is 24.4 Å². The lowest BCUT2D eigenvalue weighted by Gasteiger charge is -2.23. The van der Waals surface area contributed by atoms with Crippen molar-refractivity contribution in [1.29, 1.82) is 0 Å². The van der Waals surface area contributed by atoms with Crippen LogP contribution in [0, 0.1) is 0 Å². The standard InChI is InChI=1S/C11H20N2O3S/c1-8(17-2)7-12-11(16)13(9-3-4-9)6-5-10(14)15/h8-9H,3-7H2,1-2H3,(H,12,16)(H,14,15). The van der Waals surface area contributed by atoms with E-state index in [1.807, 2.05) is 13.2 Å². The molecule has 0 aromatic rings. The molecule has 1 unspecified atom stereocenters. The highest BCUT2D eigenvalue weighted by molar-refractivity contribution is 7.99. The number of carbonyl (C=O) groups excluding carboxylic acids is 1. The number of rotatable bonds is 7. The van der Waals surface area contributed by atoms with E-state index >= 15 is 0 Å². The molecule has 0 saturated heterocycles. The molecule has 0 aromatic carbocycles. The number of nitrogens with zero attached hydrogens (tertiary/aromatic N) is 1. The third kappa shape index (κ3) is 5.30. The average molecular weight is 260 g/mol. The molecule has 0 aromatic heterocycles. The van der Waals surface area contributed by atoms with Crippen LogP contribution in [0.2, 0.25) is 0 Å². The van der Waals surface area contributed by atoms with Crippen LogP contribution in [0.25, 0.3) is 0 Å². The highest BCUT2D eigenvalue weighted by Crippen LogP contribution is 2.26. The molecule has 1 saturated carbocycles. The Bertz CT molecular complexity index is 282. The molecule has 0 aliphatic heterocycles. The molecule has 1 aliphatic rings. The summed E-state index contributed by atoms with van der Waals surface area (Å²) in [5.74, 6) is -0.860. The van der Waals surface area contributed by atoms with E-state index in [9.17, 15) is 9.59 Å². The Balaban J connectivity index is 2.35. The summed E-state index contributed by atoms with van der Waals surface area (Å²) in [5, 5.41) is 11.9. The van der Waals surface area contributed by atoms with E-state index in [2.05, 4.69) is 5.32 Å². The first-order valence-corrected chi connectivity index (χ1v) is 7.12. The van der Waals surface area contributed by atoms with Crippen LogP contribution < -0.4 is 5.32 Å². The molecule has 0 heterocycles. The van der Waals surface area contributed by atoms with E-state index in [1.165, 1.54) is 0 Å². The van der Waals surface area contributed by atoms with Crippen molar-refractivity contribution in [3.05, 3.63) is 0 Å². The summed E-state index contributed by atoms with van der Waals surface area (Å²) in [6.45, 7) is 2.97. The van der Waals surface area contributed by atoms with Gasteiger partial charge in [0.25, 0.3) is 0 Å². The number of carbonyl (C=O) groups is 2. The molecule has 1 aliphatic carbocycles. The molecule has 0 spiro atoms. The van der Waals surface area contributed by atoms with Gasteiger partial charge in [-0.25, -0.2) is 4.79 Å². The zero-order chi connectivity index (χ0) is 12.8. The van der Waals surface area contributed by atoms with E-state index in [-0.39, 0.29) is 18.5 Å². The summed E-state index contributed by atoms with van der Waals surface area (Å²) in [5.41, 5.74) is 0. The van der Waals surface area contributed by atoms with Crippen molar-refractivity contribution in [2.45, 2.75) is 37.5 Å². The van der Waals surface area contributed by atoms with Gasteiger partial charge in [-0.15, -0.1) is 0 Å². The topological polar surface area (TPSA) is 69.6 Å². The lowest BCUT2D eigenvalue weighted by molar-refractivity contribution is -0.137. The van der Waals surface area contributed by atoms with Crippen LogP contribution in [0.4, 0.5) is 4.79 Å². The van der Waals surface area contributed by atoms with Crippen molar-refractivity contribution in [2.75, 3.05) is 19.3 Å². The first-order valence-electron chi connectivity index (χ1n) is 5.83. The number of nitrogens with one attached hydrogen (secondary N) is 1. The molecule has 5 nitrogen and oxygen atoms in total. The number of thioether (sulfide) groups is 1. The van der Waals surface area contributed by atoms with Gasteiger partial charge >= 0.3 is 12.0 Å². The highest BCUT2D eigenvalue weighted by atomic mass is 32.2. The maximum absolute atomic E-state index is 11.9. The van der Waals surface area contributed by atoms with E-state index in [4.69, 9.17) is 5.11 Å². The Morgan fingerprint density at radius 2 is 2.18 bits per heavy atom. The summed E-state index contributed by atoms with van der Waals surface area (Å²) in [6.07, 6.45) is 4.00. The fourth-order valence-corrected chi connectivity index (χ4v) is 1.72. The van der Waals surface area contributed by atoms with Gasteiger partial charge in [-0.3, -0.25) is 4.79 Å². The van der Waals surface area contributed by atoms with Gasteiger partial charge in [-0.1, -0.05) is 6.92 Å². The average Bonchev–Trinajstić information content (AvgIpc) is 3.09. The van der Waals surface area contributed by atoms with E-state index in [0.717, 1.165) is 12.8 Å². The van der Waals surface area contributed by atoms with Gasteiger partial charge in [0.15, 0.2) is 0 Å². The van der Waals surface area contributed by atoms with Gasteiger partial charge in [0.1, 0.15) is 0 Å². The minimum atomic E-state index is -0.860. The number of amides is 2. The van der Waals surface area contributed by atoms with Gasteiger partial charge in [-0.2, -0.15) is 11.8 Å². The van der Waals surface area contributed by atoms with Crippen LogP contribution in [0.5, 0.6) is 0 Å². The minimum absolute atomic E-state index is 0.0159. The predicted octanol–water partition coefficient (Wildman–Crippen LogP) is 1.39. The number of carboxylic acids is 1. The summed E-state index contributed by atoms with van der Waals surface area (Å²) >= 11 is 1.69. The predicted molar refractivity (Wildman–Crippen MR) is 68.4 cm³/mol. The second kappa shape index (κ2) is 6.74. The molecule has 0 bridgehead atoms. The highest BCUT2D eigenvalue weighted by Gasteiger charge is 2.32. The molecule has 98 valence electrons. The largest absolute Gasteiger partial charge is 0.481 e. The molecule has 1 fully saturated rings. The van der Waals surface area contributed by atoms with Gasteiger partial charge in [0.05, 0.1) is 6.42 Å². The zero-order valence-electron chi connectivity index (χ0n) is 10.3. The normalized spacial score (nSPS) is 16.4. The quantitative estimate of drug-likeness (QED) is 0.725. The van der Waals surface area contributed by atoms with E-state index in [0.29, 0.717) is 18.3 Å². The number of carboxylic acid groups (broad SMARTS) is 1. The first-order chi connectivity index (χ1) is 8.04. The van der Waals surface area contributed by atoms with Crippen molar-refractivity contribution in [3.8, 4) is 0 Å². The van der Waals surface area contributed by atoms with Crippen LogP contribution >= 0.6 is 11.8 Å². The van der Waals surface area contributed by atoms with Gasteiger partial charge in [0.2, 0.25) is 0 Å². The van der Waals surface area contributed by atoms with Gasteiger partial charge in [-0.05, 0) is 19.1 Å². The SMILES string of the molecule is CSC(C)CNC(=O)N(CCC(=O)O)C1CC1. The molecule has 2 N–H and O–H groups in total. The molecule has 2 amide bonds. The minimum Gasteiger partial charge on any atom is -0.481 e. The smallest absolute Gasteiger partial charge is 0.317 e. The molecule has 17 heavy (non-hydrogen) atoms. The Morgan fingerprint density at radius 1 is 1.53 bits per heavy atom. The van der Waals surface area contributed by atoms with Crippen molar-refractivity contribution in [2.24, 2.45) is 0 Å². The van der Waals surface area contributed by atoms with Crippen LogP contribution in [0.1, 0.15) is 26.2 Å². The van der Waals surface area contributed by atoms with Crippen LogP contribution in [0.3, 0.4) is 0 Å². The number of aliphatic carboxylic acids is 1.